The van der Waals surface area contributed by atoms with Crippen molar-refractivity contribution in [3.05, 3.63) is 102 Å². The van der Waals surface area contributed by atoms with E-state index in [9.17, 15) is 0 Å². The van der Waals surface area contributed by atoms with Crippen molar-refractivity contribution < 1.29 is 5.11 Å². The molecule has 28 heavy (non-hydrogen) atoms. The normalized spacial score (nSPS) is 15.1. The summed E-state index contributed by atoms with van der Waals surface area (Å²) in [7, 11) is 0. The number of aliphatic hydroxyl groups excluding tert-OH is 1. The van der Waals surface area contributed by atoms with Gasteiger partial charge in [0.05, 0.1) is 6.04 Å². The van der Waals surface area contributed by atoms with Gasteiger partial charge in [-0.25, -0.2) is 0 Å². The summed E-state index contributed by atoms with van der Waals surface area (Å²) in [4.78, 5) is 5.06. The highest BCUT2D eigenvalue weighted by Crippen LogP contribution is 2.30. The Morgan fingerprint density at radius 1 is 0.679 bits per heavy atom. The van der Waals surface area contributed by atoms with Crippen LogP contribution in [-0.2, 0) is 6.42 Å². The maximum absolute atomic E-state index is 9.09. The highest BCUT2D eigenvalue weighted by atomic mass is 16.2. The van der Waals surface area contributed by atoms with E-state index in [4.69, 9.17) is 5.11 Å². The second kappa shape index (κ2) is 9.05. The fourth-order valence-electron chi connectivity index (χ4n) is 4.13. The third-order valence-electron chi connectivity index (χ3n) is 5.61. The SMILES string of the molecule is OCCc1ccc(N2CCN(C(c3ccccc3)c3ccccc3)CC2)cc1. The minimum Gasteiger partial charge on any atom is -0.396 e. The minimum atomic E-state index is 0.207. The maximum Gasteiger partial charge on any atom is 0.0603 e. The first-order valence-corrected chi connectivity index (χ1v) is 10.1. The van der Waals surface area contributed by atoms with Gasteiger partial charge in [0.2, 0.25) is 0 Å². The molecule has 0 aliphatic carbocycles. The van der Waals surface area contributed by atoms with Gasteiger partial charge in [-0.1, -0.05) is 72.8 Å². The number of aliphatic hydroxyl groups is 1. The van der Waals surface area contributed by atoms with Crippen molar-refractivity contribution in [2.24, 2.45) is 0 Å². The summed E-state index contributed by atoms with van der Waals surface area (Å²) < 4.78 is 0. The molecule has 0 spiro atoms. The Morgan fingerprint density at radius 2 is 1.21 bits per heavy atom. The van der Waals surface area contributed by atoms with E-state index in [-0.39, 0.29) is 6.61 Å². The van der Waals surface area contributed by atoms with E-state index >= 15 is 0 Å². The number of hydrogen-bond donors (Lipinski definition) is 1. The Labute approximate surface area is 167 Å². The van der Waals surface area contributed by atoms with Gasteiger partial charge in [-0.05, 0) is 35.2 Å². The van der Waals surface area contributed by atoms with Crippen molar-refractivity contribution >= 4 is 5.69 Å². The van der Waals surface area contributed by atoms with Crippen LogP contribution in [-0.4, -0.2) is 42.8 Å². The number of rotatable bonds is 6. The van der Waals surface area contributed by atoms with E-state index in [2.05, 4.69) is 94.7 Å². The van der Waals surface area contributed by atoms with Crippen molar-refractivity contribution in [3.63, 3.8) is 0 Å². The summed E-state index contributed by atoms with van der Waals surface area (Å²) in [6.45, 7) is 4.32. The molecule has 0 bridgehead atoms. The average molecular weight is 373 g/mol. The first kappa shape index (κ1) is 18.7. The molecule has 0 atom stereocenters. The zero-order valence-corrected chi connectivity index (χ0v) is 16.2. The molecule has 1 aliphatic rings. The van der Waals surface area contributed by atoms with Gasteiger partial charge in [-0.3, -0.25) is 4.90 Å². The molecule has 3 heteroatoms. The highest BCUT2D eigenvalue weighted by Gasteiger charge is 2.26. The van der Waals surface area contributed by atoms with Crippen LogP contribution in [0.25, 0.3) is 0 Å². The molecule has 0 amide bonds. The smallest absolute Gasteiger partial charge is 0.0603 e. The first-order chi connectivity index (χ1) is 13.8. The molecule has 1 fully saturated rings. The van der Waals surface area contributed by atoms with Crippen molar-refractivity contribution in [2.45, 2.75) is 12.5 Å². The van der Waals surface area contributed by atoms with Crippen LogP contribution in [0.15, 0.2) is 84.9 Å². The first-order valence-electron chi connectivity index (χ1n) is 10.1. The van der Waals surface area contributed by atoms with Crippen LogP contribution in [0.2, 0.25) is 0 Å². The minimum absolute atomic E-state index is 0.207. The summed E-state index contributed by atoms with van der Waals surface area (Å²) in [5.74, 6) is 0. The van der Waals surface area contributed by atoms with Gasteiger partial charge in [0.15, 0.2) is 0 Å². The lowest BCUT2D eigenvalue weighted by molar-refractivity contribution is 0.212. The van der Waals surface area contributed by atoms with Gasteiger partial charge in [0.25, 0.3) is 0 Å². The predicted molar refractivity (Wildman–Crippen MR) is 116 cm³/mol. The van der Waals surface area contributed by atoms with Crippen molar-refractivity contribution in [2.75, 3.05) is 37.7 Å². The predicted octanol–water partition coefficient (Wildman–Crippen LogP) is 4.13. The summed E-state index contributed by atoms with van der Waals surface area (Å²) in [6, 6.07) is 30.6. The average Bonchev–Trinajstić information content (AvgIpc) is 2.77. The van der Waals surface area contributed by atoms with Crippen LogP contribution < -0.4 is 4.90 Å². The molecule has 1 N–H and O–H groups in total. The second-order valence-electron chi connectivity index (χ2n) is 7.39. The lowest BCUT2D eigenvalue weighted by Crippen LogP contribution is -2.48. The van der Waals surface area contributed by atoms with Crippen LogP contribution >= 0.6 is 0 Å². The van der Waals surface area contributed by atoms with Gasteiger partial charge >= 0.3 is 0 Å². The van der Waals surface area contributed by atoms with Crippen molar-refractivity contribution in [1.29, 1.82) is 0 Å². The molecule has 3 nitrogen and oxygen atoms in total. The van der Waals surface area contributed by atoms with E-state index in [1.807, 2.05) is 0 Å². The van der Waals surface area contributed by atoms with E-state index < -0.39 is 0 Å². The van der Waals surface area contributed by atoms with Gasteiger partial charge in [-0.2, -0.15) is 0 Å². The molecular formula is C25H28N2O. The van der Waals surface area contributed by atoms with Gasteiger partial charge in [0, 0.05) is 38.5 Å². The molecule has 144 valence electrons. The Balaban J connectivity index is 1.49. The van der Waals surface area contributed by atoms with E-state index in [1.54, 1.807) is 0 Å². The fourth-order valence-corrected chi connectivity index (χ4v) is 4.13. The third-order valence-corrected chi connectivity index (χ3v) is 5.61. The summed E-state index contributed by atoms with van der Waals surface area (Å²) in [6.07, 6.45) is 0.726. The Bertz CT molecular complexity index is 801. The van der Waals surface area contributed by atoms with Gasteiger partial charge < -0.3 is 10.0 Å². The monoisotopic (exact) mass is 372 g/mol. The summed E-state index contributed by atoms with van der Waals surface area (Å²) in [5, 5.41) is 9.09. The third kappa shape index (κ3) is 4.27. The van der Waals surface area contributed by atoms with Crippen LogP contribution in [0.4, 0.5) is 5.69 Å². The number of benzene rings is 3. The van der Waals surface area contributed by atoms with Crippen molar-refractivity contribution in [1.82, 2.24) is 4.90 Å². The van der Waals surface area contributed by atoms with Crippen LogP contribution in [0, 0.1) is 0 Å². The van der Waals surface area contributed by atoms with Crippen LogP contribution in [0.3, 0.4) is 0 Å². The number of nitrogens with zero attached hydrogens (tertiary/aromatic N) is 2. The highest BCUT2D eigenvalue weighted by molar-refractivity contribution is 5.48. The summed E-state index contributed by atoms with van der Waals surface area (Å²) in [5.41, 5.74) is 5.18. The van der Waals surface area contributed by atoms with E-state index in [1.165, 1.54) is 22.4 Å². The topological polar surface area (TPSA) is 26.7 Å². The molecule has 0 unspecified atom stereocenters. The molecule has 4 rings (SSSR count). The fraction of sp³-hybridized carbons (Fsp3) is 0.280. The van der Waals surface area contributed by atoms with Crippen molar-refractivity contribution in [3.8, 4) is 0 Å². The molecule has 3 aromatic rings. The van der Waals surface area contributed by atoms with E-state index in [0.717, 1.165) is 32.6 Å². The van der Waals surface area contributed by atoms with Crippen LogP contribution in [0.5, 0.6) is 0 Å². The Morgan fingerprint density at radius 3 is 1.71 bits per heavy atom. The molecule has 1 saturated heterocycles. The number of piperazine rings is 1. The van der Waals surface area contributed by atoms with E-state index in [0.29, 0.717) is 6.04 Å². The van der Waals surface area contributed by atoms with Gasteiger partial charge in [-0.15, -0.1) is 0 Å². The Hall–Kier alpha value is -2.62. The zero-order chi connectivity index (χ0) is 19.2. The lowest BCUT2D eigenvalue weighted by atomic mass is 9.96. The molecule has 0 saturated carbocycles. The van der Waals surface area contributed by atoms with Gasteiger partial charge in [0.1, 0.15) is 0 Å². The number of anilines is 1. The second-order valence-corrected chi connectivity index (χ2v) is 7.39. The summed E-state index contributed by atoms with van der Waals surface area (Å²) >= 11 is 0. The number of hydrogen-bond acceptors (Lipinski definition) is 3. The quantitative estimate of drug-likeness (QED) is 0.705. The van der Waals surface area contributed by atoms with Crippen LogP contribution in [0.1, 0.15) is 22.7 Å². The molecule has 3 aromatic carbocycles. The molecule has 0 radical (unpaired) electrons. The standard InChI is InChI=1S/C25H28N2O/c28-20-15-21-11-13-24(14-12-21)26-16-18-27(19-17-26)25(22-7-3-1-4-8-22)23-9-5-2-6-10-23/h1-14,25,28H,15-20H2. The molecule has 1 aliphatic heterocycles. The lowest BCUT2D eigenvalue weighted by Gasteiger charge is -2.40. The largest absolute Gasteiger partial charge is 0.396 e. The zero-order valence-electron chi connectivity index (χ0n) is 16.2. The molecule has 1 heterocycles. The molecular weight excluding hydrogens is 344 g/mol. The maximum atomic E-state index is 9.09. The molecule has 0 aromatic heterocycles. The Kier molecular flexibility index (Phi) is 6.05.